The van der Waals surface area contributed by atoms with Gasteiger partial charge in [0.05, 0.1) is 103 Å². The van der Waals surface area contributed by atoms with E-state index < -0.39 is 181 Å². The highest BCUT2D eigenvalue weighted by atomic mass is 16.5. The molecule has 1 heterocycles. The summed E-state index contributed by atoms with van der Waals surface area (Å²) >= 11 is 0. The lowest BCUT2D eigenvalue weighted by Crippen LogP contribution is -2.50. The minimum absolute atomic E-state index is 0.0504. The minimum atomic E-state index is -1.90. The second-order valence-corrected chi connectivity index (χ2v) is 21.6. The van der Waals surface area contributed by atoms with Gasteiger partial charge in [0.15, 0.2) is 0 Å². The topological polar surface area (TPSA) is 344 Å². The lowest BCUT2D eigenvalue weighted by Gasteiger charge is -2.37. The van der Waals surface area contributed by atoms with Gasteiger partial charge in [0.2, 0.25) is 17.7 Å². The second kappa shape index (κ2) is 35.1. The molecule has 0 radical (unpaired) electrons. The molecule has 2 aliphatic rings. The number of carboxylic acids is 3. The Morgan fingerprint density at radius 1 is 0.619 bits per heavy atom. The van der Waals surface area contributed by atoms with E-state index in [9.17, 15) is 68.1 Å². The van der Waals surface area contributed by atoms with Crippen LogP contribution in [-0.2, 0) is 81.1 Å². The van der Waals surface area contributed by atoms with Gasteiger partial charge in [0.1, 0.15) is 18.2 Å². The first kappa shape index (κ1) is 71.9. The number of hydrogen-bond acceptors (Lipinski definition) is 19. The predicted octanol–water partition coefficient (Wildman–Crippen LogP) is 3.70. The van der Waals surface area contributed by atoms with E-state index in [1.54, 1.807) is 31.2 Å². The molecule has 3 rings (SSSR count). The third-order valence-corrected chi connectivity index (χ3v) is 16.4. The normalized spacial score (nSPS) is 21.0. The Hall–Kier alpha value is -6.41. The van der Waals surface area contributed by atoms with Gasteiger partial charge in [-0.2, -0.15) is 0 Å². The molecule has 4 amide bonds. The van der Waals surface area contributed by atoms with Crippen molar-refractivity contribution in [3.63, 3.8) is 0 Å². The van der Waals surface area contributed by atoms with Gasteiger partial charge in [0.25, 0.3) is 5.91 Å². The number of carboxylic acid groups (broad SMARTS) is 3. The fraction of sp³-hybridized carbons (Fsp3) is 0.712. The van der Waals surface area contributed by atoms with Crippen LogP contribution in [0.15, 0.2) is 24.3 Å². The standard InChI is InChI=1S/C59H90N4O21/c1-13-17-23-60-52(67)47(36(55(70)71)28-45(82-12)50(58(76)83-16-4)38(57(74)75)29-42(79-9)46-32(5)39(64)31-40(46)65)43(80-10)27-35-48(54(69)63(53(35)68)25-18-14-2)44(81-11)30-37(56(72)73)49(41(15-3)78-8)59(77)84-26-24-61-51(66)33-19-21-34(22-20-33)62(6)7/h19-22,32,35-38,41-50H,13-18,23-31H2,1-12H3,(H,60,67)(H,61,66)(H,70,71)(H,72,73)(H,74,75). The Morgan fingerprint density at radius 3 is 1.61 bits per heavy atom. The number of carbonyl (C=O) groups is 11. The number of aliphatic carboxylic acids is 3. The van der Waals surface area contributed by atoms with Crippen LogP contribution in [0.4, 0.5) is 5.69 Å². The van der Waals surface area contributed by atoms with E-state index in [0.29, 0.717) is 31.2 Å². The highest BCUT2D eigenvalue weighted by Crippen LogP contribution is 2.42. The first-order valence-corrected chi connectivity index (χ1v) is 28.8. The number of nitrogens with one attached hydrogen (secondary N) is 2. The first-order valence-electron chi connectivity index (χ1n) is 28.8. The molecule has 15 atom stereocenters. The molecule has 25 nitrogen and oxygen atoms in total. The fourth-order valence-electron chi connectivity index (χ4n) is 11.7. The lowest BCUT2D eigenvalue weighted by atomic mass is 9.73. The molecule has 1 aromatic carbocycles. The molecule has 2 fully saturated rings. The van der Waals surface area contributed by atoms with Gasteiger partial charge >= 0.3 is 29.8 Å². The van der Waals surface area contributed by atoms with Gasteiger partial charge in [0, 0.05) is 79.9 Å². The number of Topliss-reactive ketones (excluding diaryl/α,β-unsaturated/α-hetero) is 2. The summed E-state index contributed by atoms with van der Waals surface area (Å²) in [6, 6.07) is 6.77. The highest BCUT2D eigenvalue weighted by molar-refractivity contribution is 6.08. The Kier molecular flexibility index (Phi) is 30.1. The van der Waals surface area contributed by atoms with Crippen LogP contribution in [0.3, 0.4) is 0 Å². The van der Waals surface area contributed by atoms with Gasteiger partial charge in [-0.05, 0) is 76.1 Å². The third kappa shape index (κ3) is 18.5. The number of likely N-dealkylation sites (tertiary alicyclic amines) is 1. The van der Waals surface area contributed by atoms with Crippen molar-refractivity contribution in [1.29, 1.82) is 0 Å². The van der Waals surface area contributed by atoms with Crippen LogP contribution in [-0.4, -0.2) is 198 Å². The molecule has 472 valence electrons. The van der Waals surface area contributed by atoms with Gasteiger partial charge in [-0.15, -0.1) is 0 Å². The molecular formula is C59H90N4O21. The molecule has 1 aromatic rings. The first-order chi connectivity index (χ1) is 39.9. The summed E-state index contributed by atoms with van der Waals surface area (Å²) in [6.07, 6.45) is -7.67. The number of benzene rings is 1. The molecular weight excluding hydrogens is 1100 g/mol. The molecule has 0 aromatic heterocycles. The molecule has 5 N–H and O–H groups in total. The zero-order valence-electron chi connectivity index (χ0n) is 50.7. The zero-order chi connectivity index (χ0) is 63.1. The zero-order valence-corrected chi connectivity index (χ0v) is 50.7. The Morgan fingerprint density at radius 2 is 1.14 bits per heavy atom. The number of hydrogen-bond donors (Lipinski definition) is 5. The van der Waals surface area contributed by atoms with E-state index in [4.69, 9.17) is 33.2 Å². The molecule has 0 bridgehead atoms. The number of rotatable bonds is 40. The van der Waals surface area contributed by atoms with E-state index in [-0.39, 0.29) is 45.1 Å². The van der Waals surface area contributed by atoms with Crippen LogP contribution >= 0.6 is 0 Å². The number of amides is 4. The molecule has 1 aliphatic carbocycles. The third-order valence-electron chi connectivity index (χ3n) is 16.4. The van der Waals surface area contributed by atoms with Gasteiger partial charge in [-0.3, -0.25) is 57.6 Å². The number of unbranched alkanes of at least 4 members (excludes halogenated alkanes) is 2. The number of imide groups is 1. The van der Waals surface area contributed by atoms with Gasteiger partial charge < -0.3 is 64.0 Å². The van der Waals surface area contributed by atoms with Crippen molar-refractivity contribution in [2.75, 3.05) is 87.4 Å². The Labute approximate surface area is 491 Å². The summed E-state index contributed by atoms with van der Waals surface area (Å²) in [5.41, 5.74) is 1.21. The highest BCUT2D eigenvalue weighted by Gasteiger charge is 2.56. The number of esters is 2. The summed E-state index contributed by atoms with van der Waals surface area (Å²) in [5, 5.41) is 38.4. The molecule has 1 saturated carbocycles. The molecule has 15 unspecified atom stereocenters. The van der Waals surface area contributed by atoms with E-state index in [1.807, 2.05) is 32.8 Å². The quantitative estimate of drug-likeness (QED) is 0.0271. The molecule has 25 heteroatoms. The number of anilines is 1. The lowest BCUT2D eigenvalue weighted by molar-refractivity contribution is -0.169. The van der Waals surface area contributed by atoms with E-state index in [1.165, 1.54) is 35.2 Å². The summed E-state index contributed by atoms with van der Waals surface area (Å²) in [6.45, 7) is 7.53. The van der Waals surface area contributed by atoms with Crippen molar-refractivity contribution in [3.8, 4) is 0 Å². The maximum atomic E-state index is 14.8. The number of methoxy groups -OCH3 is 5. The van der Waals surface area contributed by atoms with Crippen molar-refractivity contribution in [3.05, 3.63) is 29.8 Å². The van der Waals surface area contributed by atoms with Crippen molar-refractivity contribution in [2.45, 2.75) is 129 Å². The number of ether oxygens (including phenoxy) is 7. The SMILES string of the molecule is CCCCNC(=O)C(C(CC1C(=O)N(CCCC)C(=O)C1C(CC(C(=O)O)C(C(=O)OCCNC(=O)c1ccc(N(C)C)cc1)C(CC)OC)OC)OC)C(CC(OC)C(C(=O)OCC)C(CC(OC)C1C(=O)CC(=O)C1C)C(=O)O)C(=O)O. The molecule has 84 heavy (non-hydrogen) atoms. The number of carbonyl (C=O) groups excluding carboxylic acids is 8. The predicted molar refractivity (Wildman–Crippen MR) is 301 cm³/mol. The second-order valence-electron chi connectivity index (χ2n) is 21.6. The molecule has 0 spiro atoms. The maximum Gasteiger partial charge on any atom is 0.312 e. The summed E-state index contributed by atoms with van der Waals surface area (Å²) in [5.74, 6) is -25.9. The van der Waals surface area contributed by atoms with Crippen LogP contribution in [0.2, 0.25) is 0 Å². The van der Waals surface area contributed by atoms with E-state index in [2.05, 4.69) is 10.6 Å². The number of ketones is 2. The average Bonchev–Trinajstić information content (AvgIpc) is 2.18. The van der Waals surface area contributed by atoms with Crippen LogP contribution in [0.1, 0.15) is 109 Å². The minimum Gasteiger partial charge on any atom is -0.481 e. The van der Waals surface area contributed by atoms with Crippen molar-refractivity contribution in [2.24, 2.45) is 59.2 Å². The van der Waals surface area contributed by atoms with Gasteiger partial charge in [-0.1, -0.05) is 40.5 Å². The number of nitrogens with zero attached hydrogens (tertiary/aromatic N) is 2. The summed E-state index contributed by atoms with van der Waals surface area (Å²) in [7, 11) is 9.66. The van der Waals surface area contributed by atoms with E-state index >= 15 is 0 Å². The van der Waals surface area contributed by atoms with Crippen LogP contribution < -0.4 is 15.5 Å². The summed E-state index contributed by atoms with van der Waals surface area (Å²) < 4.78 is 40.0. The smallest absolute Gasteiger partial charge is 0.312 e. The van der Waals surface area contributed by atoms with Crippen molar-refractivity contribution < 1.29 is 101 Å². The average molecular weight is 1190 g/mol. The molecule has 1 aliphatic heterocycles. The monoisotopic (exact) mass is 1190 g/mol. The largest absolute Gasteiger partial charge is 0.481 e. The maximum absolute atomic E-state index is 14.8. The van der Waals surface area contributed by atoms with E-state index in [0.717, 1.165) is 24.8 Å². The van der Waals surface area contributed by atoms with Crippen molar-refractivity contribution >= 4 is 70.7 Å². The van der Waals surface area contributed by atoms with Crippen LogP contribution in [0.25, 0.3) is 0 Å². The van der Waals surface area contributed by atoms with Gasteiger partial charge in [-0.25, -0.2) is 0 Å². The van der Waals surface area contributed by atoms with Crippen LogP contribution in [0.5, 0.6) is 0 Å². The molecule has 1 saturated heterocycles. The Balaban J connectivity index is 2.15. The summed E-state index contributed by atoms with van der Waals surface area (Å²) in [4.78, 5) is 155. The van der Waals surface area contributed by atoms with Crippen LogP contribution in [0, 0.1) is 59.2 Å². The fourth-order valence-corrected chi connectivity index (χ4v) is 11.7. The Bertz CT molecular complexity index is 2400. The van der Waals surface area contributed by atoms with Crippen molar-refractivity contribution in [1.82, 2.24) is 15.5 Å².